The Labute approximate surface area is 154 Å². The third kappa shape index (κ3) is 3.81. The average Bonchev–Trinajstić information content (AvgIpc) is 3.39. The molecule has 1 saturated heterocycles. The maximum atomic E-state index is 12.9. The van der Waals surface area contributed by atoms with E-state index in [2.05, 4.69) is 10.1 Å². The summed E-state index contributed by atoms with van der Waals surface area (Å²) in [5, 5.41) is 4.14. The van der Waals surface area contributed by atoms with Gasteiger partial charge in [0.1, 0.15) is 6.04 Å². The van der Waals surface area contributed by atoms with E-state index in [0.29, 0.717) is 18.1 Å². The lowest BCUT2D eigenvalue weighted by Gasteiger charge is -2.33. The minimum Gasteiger partial charge on any atom is -0.337 e. The van der Waals surface area contributed by atoms with Gasteiger partial charge in [0.25, 0.3) is 0 Å². The number of nitrogens with zero attached hydrogens (tertiary/aromatic N) is 3. The third-order valence-corrected chi connectivity index (χ3v) is 5.82. The van der Waals surface area contributed by atoms with Gasteiger partial charge in [0.05, 0.1) is 0 Å². The van der Waals surface area contributed by atoms with Crippen LogP contribution in [0.25, 0.3) is 11.4 Å². The fraction of sp³-hybridized carbons (Fsp3) is 0.571. The Morgan fingerprint density at radius 3 is 2.65 bits per heavy atom. The minimum absolute atomic E-state index is 0.0650. The van der Waals surface area contributed by atoms with E-state index in [0.717, 1.165) is 43.7 Å². The fourth-order valence-corrected chi connectivity index (χ4v) is 4.33. The second-order valence-corrected chi connectivity index (χ2v) is 7.61. The van der Waals surface area contributed by atoms with Crippen molar-refractivity contribution in [3.63, 3.8) is 0 Å². The normalized spacial score (nSPS) is 21.2. The molecule has 1 aliphatic carbocycles. The zero-order chi connectivity index (χ0) is 17.8. The van der Waals surface area contributed by atoms with Crippen LogP contribution < -0.4 is 0 Å². The highest BCUT2D eigenvalue weighted by Gasteiger charge is 2.32. The molecule has 0 N–H and O–H groups in total. The second-order valence-electron chi connectivity index (χ2n) is 7.61. The smallest absolute Gasteiger partial charge is 0.249 e. The summed E-state index contributed by atoms with van der Waals surface area (Å²) < 4.78 is 5.56. The molecule has 5 heteroatoms. The zero-order valence-corrected chi connectivity index (χ0v) is 15.3. The molecule has 2 fully saturated rings. The largest absolute Gasteiger partial charge is 0.337 e. The predicted molar refractivity (Wildman–Crippen MR) is 99.2 cm³/mol. The van der Waals surface area contributed by atoms with Crippen LogP contribution in [0.3, 0.4) is 0 Å². The molecule has 2 aliphatic rings. The zero-order valence-electron chi connectivity index (χ0n) is 15.3. The van der Waals surface area contributed by atoms with Gasteiger partial charge in [-0.15, -0.1) is 0 Å². The SMILES string of the molecule is O=C(CCC1CCCC1)N1CCCCC1c1nc(-c2ccccc2)no1. The monoisotopic (exact) mass is 353 g/mol. The Morgan fingerprint density at radius 2 is 1.85 bits per heavy atom. The maximum Gasteiger partial charge on any atom is 0.249 e. The Balaban J connectivity index is 1.45. The Morgan fingerprint density at radius 1 is 1.08 bits per heavy atom. The fourth-order valence-electron chi connectivity index (χ4n) is 4.33. The average molecular weight is 353 g/mol. The molecule has 0 spiro atoms. The van der Waals surface area contributed by atoms with E-state index < -0.39 is 0 Å². The van der Waals surface area contributed by atoms with Crippen LogP contribution in [0.1, 0.15) is 69.7 Å². The van der Waals surface area contributed by atoms with Gasteiger partial charge in [-0.25, -0.2) is 0 Å². The standard InChI is InChI=1S/C21H27N3O2/c25-19(14-13-16-8-4-5-9-16)24-15-7-6-12-18(24)21-22-20(23-26-21)17-10-2-1-3-11-17/h1-3,10-11,16,18H,4-9,12-15H2. The van der Waals surface area contributed by atoms with Crippen LogP contribution in [0.15, 0.2) is 34.9 Å². The van der Waals surface area contributed by atoms with E-state index in [1.165, 1.54) is 25.7 Å². The van der Waals surface area contributed by atoms with E-state index in [4.69, 9.17) is 4.52 Å². The van der Waals surface area contributed by atoms with Crippen LogP contribution in [-0.4, -0.2) is 27.5 Å². The topological polar surface area (TPSA) is 59.2 Å². The molecule has 1 aromatic carbocycles. The van der Waals surface area contributed by atoms with Crippen molar-refractivity contribution in [3.8, 4) is 11.4 Å². The van der Waals surface area contributed by atoms with Gasteiger partial charge in [-0.3, -0.25) is 4.79 Å². The molecule has 4 rings (SSSR count). The van der Waals surface area contributed by atoms with E-state index in [-0.39, 0.29) is 11.9 Å². The van der Waals surface area contributed by atoms with Gasteiger partial charge in [-0.05, 0) is 31.6 Å². The van der Waals surface area contributed by atoms with Crippen LogP contribution in [0, 0.1) is 5.92 Å². The lowest BCUT2D eigenvalue weighted by molar-refractivity contribution is -0.136. The summed E-state index contributed by atoms with van der Waals surface area (Å²) in [6, 6.07) is 9.77. The summed E-state index contributed by atoms with van der Waals surface area (Å²) in [5.41, 5.74) is 0.942. The van der Waals surface area contributed by atoms with Crippen molar-refractivity contribution in [2.75, 3.05) is 6.54 Å². The Bertz CT molecular complexity index is 722. The molecule has 0 bridgehead atoms. The number of carbonyl (C=O) groups excluding carboxylic acids is 1. The van der Waals surface area contributed by atoms with Crippen LogP contribution >= 0.6 is 0 Å². The van der Waals surface area contributed by atoms with Crippen LogP contribution in [0.2, 0.25) is 0 Å². The van der Waals surface area contributed by atoms with E-state index in [1.54, 1.807) is 0 Å². The Kier molecular flexibility index (Phi) is 5.32. The highest BCUT2D eigenvalue weighted by atomic mass is 16.5. The summed E-state index contributed by atoms with van der Waals surface area (Å²) in [6.45, 7) is 0.803. The minimum atomic E-state index is -0.0650. The predicted octanol–water partition coefficient (Wildman–Crippen LogP) is 4.76. The molecular weight excluding hydrogens is 326 g/mol. The number of benzene rings is 1. The lowest BCUT2D eigenvalue weighted by Crippen LogP contribution is -2.38. The van der Waals surface area contributed by atoms with Crippen molar-refractivity contribution >= 4 is 5.91 Å². The molecule has 1 aromatic heterocycles. The molecular formula is C21H27N3O2. The number of likely N-dealkylation sites (tertiary alicyclic amines) is 1. The van der Waals surface area contributed by atoms with Crippen molar-refractivity contribution in [1.29, 1.82) is 0 Å². The lowest BCUT2D eigenvalue weighted by atomic mass is 9.98. The molecule has 5 nitrogen and oxygen atoms in total. The van der Waals surface area contributed by atoms with Gasteiger partial charge in [0.15, 0.2) is 0 Å². The number of amides is 1. The third-order valence-electron chi connectivity index (χ3n) is 5.82. The van der Waals surface area contributed by atoms with Crippen molar-refractivity contribution in [2.24, 2.45) is 5.92 Å². The van der Waals surface area contributed by atoms with Gasteiger partial charge in [0.2, 0.25) is 17.6 Å². The first-order chi connectivity index (χ1) is 12.8. The van der Waals surface area contributed by atoms with Crippen LogP contribution in [-0.2, 0) is 4.79 Å². The van der Waals surface area contributed by atoms with Crippen molar-refractivity contribution < 1.29 is 9.32 Å². The van der Waals surface area contributed by atoms with E-state index >= 15 is 0 Å². The molecule has 1 saturated carbocycles. The molecule has 1 atom stereocenters. The number of piperidine rings is 1. The van der Waals surface area contributed by atoms with E-state index in [9.17, 15) is 4.79 Å². The number of carbonyl (C=O) groups is 1. The first-order valence-corrected chi connectivity index (χ1v) is 10.00. The van der Waals surface area contributed by atoms with Gasteiger partial charge in [0, 0.05) is 18.5 Å². The molecule has 1 aliphatic heterocycles. The maximum absolute atomic E-state index is 12.9. The molecule has 2 aromatic rings. The number of hydrogen-bond acceptors (Lipinski definition) is 4. The van der Waals surface area contributed by atoms with Crippen molar-refractivity contribution in [2.45, 2.75) is 63.8 Å². The van der Waals surface area contributed by atoms with Gasteiger partial charge >= 0.3 is 0 Å². The van der Waals surface area contributed by atoms with Crippen LogP contribution in [0.5, 0.6) is 0 Å². The highest BCUT2D eigenvalue weighted by Crippen LogP contribution is 2.33. The number of rotatable bonds is 5. The molecule has 1 amide bonds. The second kappa shape index (κ2) is 8.02. The first kappa shape index (κ1) is 17.3. The van der Waals surface area contributed by atoms with Crippen LogP contribution in [0.4, 0.5) is 0 Å². The number of hydrogen-bond donors (Lipinski definition) is 0. The van der Waals surface area contributed by atoms with Gasteiger partial charge < -0.3 is 9.42 Å². The van der Waals surface area contributed by atoms with Crippen molar-refractivity contribution in [1.82, 2.24) is 15.0 Å². The quantitative estimate of drug-likeness (QED) is 0.777. The van der Waals surface area contributed by atoms with Gasteiger partial charge in [-0.2, -0.15) is 4.98 Å². The summed E-state index contributed by atoms with van der Waals surface area (Å²) in [6.07, 6.45) is 9.99. The summed E-state index contributed by atoms with van der Waals surface area (Å²) in [5.74, 6) is 2.18. The first-order valence-electron chi connectivity index (χ1n) is 10.00. The summed E-state index contributed by atoms with van der Waals surface area (Å²) in [4.78, 5) is 19.4. The highest BCUT2D eigenvalue weighted by molar-refractivity contribution is 5.76. The van der Waals surface area contributed by atoms with Crippen molar-refractivity contribution in [3.05, 3.63) is 36.2 Å². The molecule has 1 unspecified atom stereocenters. The number of aromatic nitrogens is 2. The molecule has 26 heavy (non-hydrogen) atoms. The Hall–Kier alpha value is -2.17. The van der Waals surface area contributed by atoms with E-state index in [1.807, 2.05) is 35.2 Å². The molecule has 0 radical (unpaired) electrons. The summed E-state index contributed by atoms with van der Waals surface area (Å²) in [7, 11) is 0. The molecule has 138 valence electrons. The molecule has 2 heterocycles. The van der Waals surface area contributed by atoms with Gasteiger partial charge in [-0.1, -0.05) is 61.2 Å². The summed E-state index contributed by atoms with van der Waals surface area (Å²) >= 11 is 0.